The molecule has 0 saturated carbocycles. The average molecular weight is 298 g/mol. The molecule has 0 aromatic heterocycles. The van der Waals surface area contributed by atoms with E-state index in [0.717, 1.165) is 24.3 Å². The van der Waals surface area contributed by atoms with Crippen molar-refractivity contribution in [3.8, 4) is 0 Å². The first kappa shape index (κ1) is 12.1. The van der Waals surface area contributed by atoms with E-state index in [0.29, 0.717) is 0 Å². The SMILES string of the molecule is O=[As](O)(c1ccc(F)cc1)c1ccc(F)cc1. The van der Waals surface area contributed by atoms with E-state index in [2.05, 4.69) is 0 Å². The van der Waals surface area contributed by atoms with Crippen molar-refractivity contribution in [3.63, 3.8) is 0 Å². The fraction of sp³-hybridized carbons (Fsp3) is 0. The Kier molecular flexibility index (Phi) is 3.18. The van der Waals surface area contributed by atoms with Gasteiger partial charge in [0.2, 0.25) is 0 Å². The van der Waals surface area contributed by atoms with Gasteiger partial charge in [0.1, 0.15) is 0 Å². The topological polar surface area (TPSA) is 37.3 Å². The Morgan fingerprint density at radius 2 is 1.06 bits per heavy atom. The van der Waals surface area contributed by atoms with Crippen molar-refractivity contribution >= 4 is 22.5 Å². The summed E-state index contributed by atoms with van der Waals surface area (Å²) in [7, 11) is 0. The maximum atomic E-state index is 12.7. The van der Waals surface area contributed by atoms with Crippen molar-refractivity contribution < 1.29 is 16.6 Å². The number of halogens is 2. The van der Waals surface area contributed by atoms with E-state index in [1.165, 1.54) is 24.3 Å². The van der Waals surface area contributed by atoms with Crippen LogP contribution in [-0.2, 0) is 3.74 Å². The summed E-state index contributed by atoms with van der Waals surface area (Å²) in [5, 5.41) is 0. The van der Waals surface area contributed by atoms with Crippen LogP contribution in [-0.4, -0.2) is 17.9 Å². The third-order valence-corrected chi connectivity index (χ3v) is 6.54. The van der Waals surface area contributed by atoms with Gasteiger partial charge in [-0.25, -0.2) is 0 Å². The standard InChI is InChI=1S/C12H9AsF2O2/c14-11-5-1-9(2-6-11)13(16,17)10-3-7-12(15)8-4-10/h1-8H,(H,16,17). The number of rotatable bonds is 2. The molecule has 0 radical (unpaired) electrons. The molecule has 1 N–H and O–H groups in total. The average Bonchev–Trinajstić information content (AvgIpc) is 2.30. The Morgan fingerprint density at radius 1 is 0.765 bits per heavy atom. The van der Waals surface area contributed by atoms with E-state index in [1.807, 2.05) is 0 Å². The number of benzene rings is 2. The van der Waals surface area contributed by atoms with E-state index in [-0.39, 0.29) is 8.70 Å². The Morgan fingerprint density at radius 3 is 1.35 bits per heavy atom. The van der Waals surface area contributed by atoms with E-state index in [9.17, 15) is 16.6 Å². The van der Waals surface area contributed by atoms with Gasteiger partial charge in [-0.1, -0.05) is 0 Å². The molecule has 0 bridgehead atoms. The summed E-state index contributed by atoms with van der Waals surface area (Å²) in [6.07, 6.45) is 0. The van der Waals surface area contributed by atoms with Crippen molar-refractivity contribution in [1.82, 2.24) is 0 Å². The number of hydrogen-bond acceptors (Lipinski definition) is 1. The quantitative estimate of drug-likeness (QED) is 0.838. The van der Waals surface area contributed by atoms with Crippen LogP contribution in [0.4, 0.5) is 8.78 Å². The van der Waals surface area contributed by atoms with Crippen LogP contribution in [0.1, 0.15) is 0 Å². The van der Waals surface area contributed by atoms with Crippen molar-refractivity contribution in [2.24, 2.45) is 0 Å². The molecular weight excluding hydrogens is 289 g/mol. The van der Waals surface area contributed by atoms with Gasteiger partial charge in [0, 0.05) is 0 Å². The summed E-state index contributed by atoms with van der Waals surface area (Å²) in [6, 6.07) is 9.62. The zero-order chi connectivity index (χ0) is 12.5. The van der Waals surface area contributed by atoms with Crippen LogP contribution in [0, 0.1) is 11.6 Å². The summed E-state index contributed by atoms with van der Waals surface area (Å²) in [5.41, 5.74) is 0. The minimum atomic E-state index is -4.46. The zero-order valence-corrected chi connectivity index (χ0v) is 10.6. The van der Waals surface area contributed by atoms with Crippen LogP contribution in [0.2, 0.25) is 0 Å². The van der Waals surface area contributed by atoms with Gasteiger partial charge < -0.3 is 0 Å². The molecule has 2 aromatic carbocycles. The summed E-state index contributed by atoms with van der Waals surface area (Å²) in [5.74, 6) is -0.938. The predicted octanol–water partition coefficient (Wildman–Crippen LogP) is 0.944. The third-order valence-electron chi connectivity index (χ3n) is 2.35. The summed E-state index contributed by atoms with van der Waals surface area (Å²) < 4.78 is 48.0. The Balaban J connectivity index is 2.45. The minimum absolute atomic E-state index is 0.177. The zero-order valence-electron chi connectivity index (χ0n) is 8.68. The summed E-state index contributed by atoms with van der Waals surface area (Å²) in [4.78, 5) is 0. The van der Waals surface area contributed by atoms with Crippen molar-refractivity contribution in [2.75, 3.05) is 0 Å². The Bertz CT molecular complexity index is 515. The second-order valence-electron chi connectivity index (χ2n) is 3.53. The molecule has 0 fully saturated rings. The Hall–Kier alpha value is -1.38. The van der Waals surface area contributed by atoms with Gasteiger partial charge in [0.15, 0.2) is 0 Å². The Labute approximate surface area is 99.6 Å². The maximum absolute atomic E-state index is 12.7. The molecule has 88 valence electrons. The fourth-order valence-electron chi connectivity index (χ4n) is 1.44. The van der Waals surface area contributed by atoms with E-state index in [1.54, 1.807) is 0 Å². The predicted molar refractivity (Wildman–Crippen MR) is 60.7 cm³/mol. The van der Waals surface area contributed by atoms with Gasteiger partial charge in [-0.2, -0.15) is 0 Å². The van der Waals surface area contributed by atoms with Crippen LogP contribution in [0.25, 0.3) is 0 Å². The normalized spacial score (nSPS) is 11.5. The van der Waals surface area contributed by atoms with Crippen molar-refractivity contribution in [3.05, 3.63) is 60.2 Å². The van der Waals surface area contributed by atoms with Crippen LogP contribution in [0.3, 0.4) is 0 Å². The van der Waals surface area contributed by atoms with Gasteiger partial charge in [0.05, 0.1) is 0 Å². The molecule has 5 heteroatoms. The first-order valence-electron chi connectivity index (χ1n) is 4.85. The molecule has 2 nitrogen and oxygen atoms in total. The van der Waals surface area contributed by atoms with Gasteiger partial charge in [-0.05, 0) is 0 Å². The van der Waals surface area contributed by atoms with Gasteiger partial charge in [-0.15, -0.1) is 0 Å². The van der Waals surface area contributed by atoms with Gasteiger partial charge in [-0.3, -0.25) is 0 Å². The van der Waals surface area contributed by atoms with Crippen LogP contribution in [0.15, 0.2) is 48.5 Å². The van der Waals surface area contributed by atoms with Crippen LogP contribution >= 0.6 is 0 Å². The van der Waals surface area contributed by atoms with E-state index in [4.69, 9.17) is 0 Å². The second kappa shape index (κ2) is 4.47. The molecule has 0 aliphatic heterocycles. The van der Waals surface area contributed by atoms with Crippen molar-refractivity contribution in [1.29, 1.82) is 0 Å². The molecule has 0 unspecified atom stereocenters. The fourth-order valence-corrected chi connectivity index (χ4v) is 4.38. The summed E-state index contributed by atoms with van der Waals surface area (Å²) >= 11 is -4.46. The first-order chi connectivity index (χ1) is 8.00. The molecule has 0 atom stereocenters. The molecule has 0 saturated heterocycles. The van der Waals surface area contributed by atoms with E-state index >= 15 is 0 Å². The molecule has 2 aromatic rings. The molecule has 17 heavy (non-hydrogen) atoms. The second-order valence-corrected chi connectivity index (χ2v) is 8.11. The summed E-state index contributed by atoms with van der Waals surface area (Å²) in [6.45, 7) is 0. The van der Waals surface area contributed by atoms with Gasteiger partial charge in [0.25, 0.3) is 0 Å². The van der Waals surface area contributed by atoms with Gasteiger partial charge >= 0.3 is 99.3 Å². The third kappa shape index (κ3) is 2.48. The molecule has 2 rings (SSSR count). The molecule has 0 aliphatic carbocycles. The molecule has 0 amide bonds. The first-order valence-corrected chi connectivity index (χ1v) is 8.33. The van der Waals surface area contributed by atoms with Crippen molar-refractivity contribution in [2.45, 2.75) is 0 Å². The molecule has 0 aliphatic rings. The van der Waals surface area contributed by atoms with Crippen LogP contribution < -0.4 is 8.70 Å². The number of hydrogen-bond donors (Lipinski definition) is 1. The van der Waals surface area contributed by atoms with E-state index < -0.39 is 25.5 Å². The molecule has 0 heterocycles. The monoisotopic (exact) mass is 298 g/mol. The molecular formula is C12H9AsF2O2. The molecule has 0 spiro atoms. The van der Waals surface area contributed by atoms with Crippen LogP contribution in [0.5, 0.6) is 0 Å².